The highest BCUT2D eigenvalue weighted by molar-refractivity contribution is 9.10. The average Bonchev–Trinajstić information content (AvgIpc) is 4.29. The first-order chi connectivity index (χ1) is 37.0. The fourth-order valence-electron chi connectivity index (χ4n) is 6.49. The van der Waals surface area contributed by atoms with Crippen LogP contribution in [0, 0.1) is 0 Å². The van der Waals surface area contributed by atoms with Gasteiger partial charge >= 0.3 is 18.0 Å². The average molecular weight is 1330 g/mol. The lowest BCUT2D eigenvalue weighted by molar-refractivity contribution is 0.0513. The molecule has 9 aromatic rings. The van der Waals surface area contributed by atoms with E-state index < -0.39 is 23.6 Å². The van der Waals surface area contributed by atoms with E-state index in [9.17, 15) is 14.4 Å². The summed E-state index contributed by atoms with van der Waals surface area (Å²) in [6.45, 7) is 14.3. The Morgan fingerprint density at radius 2 is 1.32 bits per heavy atom. The fourth-order valence-corrected chi connectivity index (χ4v) is 7.48. The summed E-state index contributed by atoms with van der Waals surface area (Å²) in [5, 5.41) is 29.9. The standard InChI is InChI=1S/C19H20ClN5O3.C12H9ClN4.C9H6BrNO2.C9H5BrO3.C3H9N.C3H8.6CH4/c1-19(2,3)28-18(26)25-11-12(10-22-25)14-6-5-13(9-15(14)27-4)23-16-7-8-21-17(20)24-16;13-12-15-4-3-11(17-12)16-10-2-1-8-6-14-7-9(8)5-10;10-6-2-1-5-3-8(9(12)13)11-7(5)4-6;10-6-2-1-5-3-8(9(11)12)13-7(5)4-6;1-3(2)4;1-3-2;;;;;;/h5-11H,1-4H3,(H,21,23,24);1-5,7H,6H2,(H,15,16,17);1-4,11H,(H,12,13);1-4H,(H,11,12);3H,4H2,1-2H3;3H2,1-2H3;6*1H4. The topological polar surface area (TPSA) is 271 Å². The van der Waals surface area contributed by atoms with Gasteiger partial charge in [0, 0.05) is 78.6 Å². The molecule has 0 spiro atoms. The Labute approximate surface area is 521 Å². The van der Waals surface area contributed by atoms with Crippen molar-refractivity contribution in [3.63, 3.8) is 0 Å². The number of nitrogens with two attached hydrogens (primary N) is 1. The summed E-state index contributed by atoms with van der Waals surface area (Å²) in [5.41, 5.74) is 11.8. The van der Waals surface area contributed by atoms with E-state index in [1.165, 1.54) is 18.1 Å². The van der Waals surface area contributed by atoms with Crippen LogP contribution in [0.3, 0.4) is 0 Å². The van der Waals surface area contributed by atoms with Gasteiger partial charge in [0.25, 0.3) is 0 Å². The van der Waals surface area contributed by atoms with Crippen molar-refractivity contribution in [2.75, 3.05) is 17.7 Å². The highest BCUT2D eigenvalue weighted by Crippen LogP contribution is 2.33. The smallest absolute Gasteiger partial charge is 0.435 e. The maximum Gasteiger partial charge on any atom is 0.435 e. The number of ether oxygens (including phenoxy) is 2. The van der Waals surface area contributed by atoms with E-state index in [4.69, 9.17) is 53.0 Å². The number of aromatic carboxylic acids is 2. The molecule has 0 saturated heterocycles. The minimum absolute atomic E-state index is 0. The lowest BCUT2D eigenvalue weighted by atomic mass is 10.1. The number of H-pyrrole nitrogens is 1. The molecule has 1 aliphatic heterocycles. The van der Waals surface area contributed by atoms with Crippen LogP contribution < -0.4 is 21.1 Å². The van der Waals surface area contributed by atoms with Crippen LogP contribution in [0.5, 0.6) is 5.75 Å². The molecule has 0 aliphatic carbocycles. The van der Waals surface area contributed by atoms with Gasteiger partial charge in [-0.3, -0.25) is 4.99 Å². The lowest BCUT2D eigenvalue weighted by Crippen LogP contribution is -2.27. The number of furan rings is 1. The number of methoxy groups -OCH3 is 1. The molecule has 6 heterocycles. The fraction of sp³-hybridized carbons (Fsp3) is 0.295. The molecule has 0 fully saturated rings. The van der Waals surface area contributed by atoms with E-state index in [1.54, 1.807) is 83.0 Å². The molecular formula is C61H81Br2Cl2N11O8. The predicted molar refractivity (Wildman–Crippen MR) is 354 cm³/mol. The number of nitrogens with one attached hydrogen (secondary N) is 3. The zero-order valence-corrected chi connectivity index (χ0v) is 48.4. The van der Waals surface area contributed by atoms with Crippen molar-refractivity contribution < 1.29 is 38.5 Å². The number of hydrogen-bond donors (Lipinski definition) is 6. The molecule has 1 aliphatic rings. The first-order valence-corrected chi connectivity index (χ1v) is 26.2. The summed E-state index contributed by atoms with van der Waals surface area (Å²) in [4.78, 5) is 56.2. The largest absolute Gasteiger partial charge is 0.496 e. The number of aromatic nitrogens is 7. The van der Waals surface area contributed by atoms with Gasteiger partial charge in [-0.1, -0.05) is 123 Å². The number of anilines is 4. The van der Waals surface area contributed by atoms with E-state index in [2.05, 4.69) is 97.4 Å². The van der Waals surface area contributed by atoms with Crippen LogP contribution in [-0.4, -0.2) is 87.9 Å². The summed E-state index contributed by atoms with van der Waals surface area (Å²) in [7, 11) is 1.57. The van der Waals surface area contributed by atoms with Crippen LogP contribution in [0.15, 0.2) is 140 Å². The molecule has 19 nitrogen and oxygen atoms in total. The second-order valence-corrected chi connectivity index (χ2v) is 20.4. The van der Waals surface area contributed by atoms with Crippen molar-refractivity contribution in [2.45, 2.75) is 118 Å². The number of aromatic amines is 1. The van der Waals surface area contributed by atoms with Crippen LogP contribution >= 0.6 is 55.1 Å². The number of aliphatic imine (C=N–C) groups is 1. The Morgan fingerprint density at radius 1 is 0.774 bits per heavy atom. The zero-order valence-electron chi connectivity index (χ0n) is 43.7. The Balaban J connectivity index is 0. The molecule has 84 heavy (non-hydrogen) atoms. The molecule has 5 aromatic heterocycles. The lowest BCUT2D eigenvalue weighted by Gasteiger charge is -2.18. The van der Waals surface area contributed by atoms with Gasteiger partial charge in [0.1, 0.15) is 34.3 Å². The van der Waals surface area contributed by atoms with Gasteiger partial charge in [-0.15, -0.1) is 0 Å². The Bertz CT molecular complexity index is 3420. The van der Waals surface area contributed by atoms with Gasteiger partial charge in [0.05, 0.1) is 19.9 Å². The first kappa shape index (κ1) is 78.4. The summed E-state index contributed by atoms with van der Waals surface area (Å²) < 4.78 is 18.9. The summed E-state index contributed by atoms with van der Waals surface area (Å²) in [5.74, 6) is -0.172. The second kappa shape index (κ2) is 37.5. The number of nitrogens with zero attached hydrogens (tertiary/aromatic N) is 7. The minimum atomic E-state index is -1.05. The van der Waals surface area contributed by atoms with E-state index in [0.29, 0.717) is 29.0 Å². The SMILES string of the molecule is C.C.C.C.C.C.CC(C)N.CCC.COc1cc(Nc2ccnc(Cl)n2)ccc1-c1cnn(C(=O)OC(C)(C)C)c1.Clc1nccc(Nc2ccc3c(c2)C=NC3)n1.O=C(O)c1cc2ccc(Br)cc2[nH]1.O=C(O)c1cc2ccc(Br)cc2o1. The number of halogens is 4. The molecular weight excluding hydrogens is 1250 g/mol. The highest BCUT2D eigenvalue weighted by atomic mass is 79.9. The molecule has 0 saturated carbocycles. The van der Waals surface area contributed by atoms with Crippen molar-refractivity contribution in [3.8, 4) is 16.9 Å². The molecule has 0 amide bonds. The van der Waals surface area contributed by atoms with Gasteiger partial charge in [-0.05, 0) is 140 Å². The molecule has 0 atom stereocenters. The molecule has 0 radical (unpaired) electrons. The van der Waals surface area contributed by atoms with E-state index >= 15 is 0 Å². The number of benzene rings is 4. The maximum atomic E-state index is 12.2. The van der Waals surface area contributed by atoms with Crippen LogP contribution in [0.1, 0.15) is 132 Å². The third-order valence-electron chi connectivity index (χ3n) is 9.62. The van der Waals surface area contributed by atoms with Gasteiger partial charge in [0.15, 0.2) is 0 Å². The number of hydrogen-bond acceptors (Lipinski definition) is 15. The van der Waals surface area contributed by atoms with Crippen molar-refractivity contribution >= 4 is 124 Å². The number of carboxylic acids is 2. The normalized spacial score (nSPS) is 10.2. The maximum absolute atomic E-state index is 12.2. The Kier molecular flexibility index (Phi) is 35.0. The number of carbonyl (C=O) groups excluding carboxylic acids is 1. The number of rotatable bonds is 8. The van der Waals surface area contributed by atoms with Crippen LogP contribution in [0.4, 0.5) is 27.8 Å². The number of carboxylic acid groups (broad SMARTS) is 2. The monoisotopic (exact) mass is 1320 g/mol. The van der Waals surface area contributed by atoms with E-state index in [1.807, 2.05) is 74.7 Å². The van der Waals surface area contributed by atoms with Crippen LogP contribution in [-0.2, 0) is 11.3 Å². The van der Waals surface area contributed by atoms with Gasteiger partial charge in [0.2, 0.25) is 16.3 Å². The third-order valence-corrected chi connectivity index (χ3v) is 11.0. The summed E-state index contributed by atoms with van der Waals surface area (Å²) in [6, 6.07) is 29.5. The molecule has 0 unspecified atom stereocenters. The second-order valence-electron chi connectivity index (χ2n) is 17.9. The third kappa shape index (κ3) is 25.0. The molecule has 456 valence electrons. The predicted octanol–water partition coefficient (Wildman–Crippen LogP) is 18.4. The number of carbonyl (C=O) groups is 3. The van der Waals surface area contributed by atoms with Crippen molar-refractivity contribution in [1.82, 2.24) is 34.7 Å². The molecule has 23 heteroatoms. The Hall–Kier alpha value is -7.69. The molecule has 4 aromatic carbocycles. The summed E-state index contributed by atoms with van der Waals surface area (Å²) >= 11 is 18.1. The van der Waals surface area contributed by atoms with E-state index in [0.717, 1.165) is 64.5 Å². The van der Waals surface area contributed by atoms with E-state index in [-0.39, 0.29) is 66.6 Å². The van der Waals surface area contributed by atoms with Crippen molar-refractivity contribution in [3.05, 3.63) is 164 Å². The van der Waals surface area contributed by atoms with Gasteiger partial charge in [-0.25, -0.2) is 34.3 Å². The highest BCUT2D eigenvalue weighted by Gasteiger charge is 2.20. The zero-order chi connectivity index (χ0) is 57.1. The van der Waals surface area contributed by atoms with Crippen LogP contribution in [0.25, 0.3) is 33.0 Å². The van der Waals surface area contributed by atoms with Crippen molar-refractivity contribution in [1.29, 1.82) is 0 Å². The molecule has 0 bridgehead atoms. The summed E-state index contributed by atoms with van der Waals surface area (Å²) in [6.07, 6.45) is 8.95. The first-order valence-electron chi connectivity index (χ1n) is 23.8. The van der Waals surface area contributed by atoms with Gasteiger partial charge in [-0.2, -0.15) is 9.78 Å². The van der Waals surface area contributed by atoms with Gasteiger partial charge < -0.3 is 45.5 Å². The molecule has 10 rings (SSSR count). The van der Waals surface area contributed by atoms with Crippen LogP contribution in [0.2, 0.25) is 10.6 Å². The quantitative estimate of drug-likeness (QED) is 0.0772. The Morgan fingerprint density at radius 3 is 1.86 bits per heavy atom. The van der Waals surface area contributed by atoms with Crippen molar-refractivity contribution in [2.24, 2.45) is 10.7 Å². The number of fused-ring (bicyclic) bond motifs is 3. The molecule has 7 N–H and O–H groups in total. The minimum Gasteiger partial charge on any atom is -0.496 e.